The van der Waals surface area contributed by atoms with E-state index in [4.69, 9.17) is 0 Å². The van der Waals surface area contributed by atoms with Gasteiger partial charge in [-0.3, -0.25) is 4.79 Å². The van der Waals surface area contributed by atoms with E-state index in [2.05, 4.69) is 14.9 Å². The average Bonchev–Trinajstić information content (AvgIpc) is 2.56. The molecule has 0 aromatic carbocycles. The second-order valence-electron chi connectivity index (χ2n) is 6.59. The van der Waals surface area contributed by atoms with Crippen LogP contribution in [0.2, 0.25) is 0 Å². The van der Waals surface area contributed by atoms with E-state index in [1.807, 2.05) is 17.9 Å². The molecule has 0 unspecified atom stereocenters. The monoisotopic (exact) mass is 302 g/mol. The number of aryl methyl sites for hydroxylation is 1. The summed E-state index contributed by atoms with van der Waals surface area (Å²) in [6.07, 6.45) is 8.81. The third-order valence-electron chi connectivity index (χ3n) is 4.93. The average molecular weight is 302 g/mol. The van der Waals surface area contributed by atoms with Crippen LogP contribution in [0.5, 0.6) is 0 Å². The number of anilines is 1. The van der Waals surface area contributed by atoms with Gasteiger partial charge in [0, 0.05) is 44.4 Å². The molecule has 5 heteroatoms. The molecule has 2 heterocycles. The highest BCUT2D eigenvalue weighted by molar-refractivity contribution is 5.76. The van der Waals surface area contributed by atoms with Crippen LogP contribution < -0.4 is 4.90 Å². The van der Waals surface area contributed by atoms with Gasteiger partial charge in [-0.15, -0.1) is 0 Å². The van der Waals surface area contributed by atoms with Crippen molar-refractivity contribution < 1.29 is 4.79 Å². The predicted molar refractivity (Wildman–Crippen MR) is 86.8 cm³/mol. The summed E-state index contributed by atoms with van der Waals surface area (Å²) in [6.45, 7) is 5.35. The first-order valence-corrected chi connectivity index (χ1v) is 8.54. The number of nitrogens with zero attached hydrogens (tertiary/aromatic N) is 4. The van der Waals surface area contributed by atoms with Crippen LogP contribution in [0.1, 0.15) is 44.2 Å². The Kier molecular flexibility index (Phi) is 4.90. The molecule has 0 bridgehead atoms. The molecule has 0 spiro atoms. The van der Waals surface area contributed by atoms with Crippen LogP contribution in [0.25, 0.3) is 0 Å². The molecule has 22 heavy (non-hydrogen) atoms. The number of carbonyl (C=O) groups is 1. The van der Waals surface area contributed by atoms with Crippen LogP contribution in [-0.4, -0.2) is 47.0 Å². The van der Waals surface area contributed by atoms with Crippen molar-refractivity contribution in [2.75, 3.05) is 31.1 Å². The van der Waals surface area contributed by atoms with Crippen LogP contribution in [0, 0.1) is 12.8 Å². The first-order valence-electron chi connectivity index (χ1n) is 8.54. The molecule has 0 N–H and O–H groups in total. The summed E-state index contributed by atoms with van der Waals surface area (Å²) in [6, 6.07) is 2.01. The SMILES string of the molecule is Cc1cc(N2CCN(C(=O)CC3CCCCC3)CC2)ncn1. The molecule has 1 aromatic rings. The van der Waals surface area contributed by atoms with Crippen LogP contribution in [-0.2, 0) is 4.79 Å². The fourth-order valence-electron chi connectivity index (χ4n) is 3.57. The summed E-state index contributed by atoms with van der Waals surface area (Å²) in [4.78, 5) is 25.2. The Bertz CT molecular complexity index is 505. The molecule has 1 aliphatic heterocycles. The second kappa shape index (κ2) is 7.07. The molecule has 2 fully saturated rings. The summed E-state index contributed by atoms with van der Waals surface area (Å²) in [5.41, 5.74) is 0.987. The lowest BCUT2D eigenvalue weighted by atomic mass is 9.86. The minimum atomic E-state index is 0.352. The summed E-state index contributed by atoms with van der Waals surface area (Å²) in [5.74, 6) is 1.96. The molecule has 120 valence electrons. The molecular weight excluding hydrogens is 276 g/mol. The minimum absolute atomic E-state index is 0.352. The predicted octanol–water partition coefficient (Wildman–Crippen LogP) is 2.40. The highest BCUT2D eigenvalue weighted by Crippen LogP contribution is 2.27. The molecule has 2 aliphatic rings. The zero-order valence-corrected chi connectivity index (χ0v) is 13.5. The van der Waals surface area contributed by atoms with E-state index in [-0.39, 0.29) is 0 Å². The smallest absolute Gasteiger partial charge is 0.222 e. The van der Waals surface area contributed by atoms with Gasteiger partial charge in [0.1, 0.15) is 12.1 Å². The number of aromatic nitrogens is 2. The lowest BCUT2D eigenvalue weighted by Gasteiger charge is -2.36. The fourth-order valence-corrected chi connectivity index (χ4v) is 3.57. The molecule has 1 aromatic heterocycles. The van der Waals surface area contributed by atoms with Crippen molar-refractivity contribution in [2.24, 2.45) is 5.92 Å². The summed E-state index contributed by atoms with van der Waals surface area (Å²) >= 11 is 0. The first-order chi connectivity index (χ1) is 10.7. The standard InChI is InChI=1S/C17H26N4O/c1-14-11-16(19-13-18-14)20-7-9-21(10-8-20)17(22)12-15-5-3-2-4-6-15/h11,13,15H,2-10,12H2,1H3. The van der Waals surface area contributed by atoms with Gasteiger partial charge in [0.15, 0.2) is 0 Å². The number of hydrogen-bond acceptors (Lipinski definition) is 4. The molecule has 0 atom stereocenters. The van der Waals surface area contributed by atoms with Crippen LogP contribution in [0.3, 0.4) is 0 Å². The Hall–Kier alpha value is -1.65. The van der Waals surface area contributed by atoms with Gasteiger partial charge < -0.3 is 9.80 Å². The third-order valence-corrected chi connectivity index (χ3v) is 4.93. The number of hydrogen-bond donors (Lipinski definition) is 0. The zero-order valence-electron chi connectivity index (χ0n) is 13.5. The van der Waals surface area contributed by atoms with E-state index in [1.54, 1.807) is 6.33 Å². The Morgan fingerprint density at radius 1 is 1.14 bits per heavy atom. The Balaban J connectivity index is 1.49. The van der Waals surface area contributed by atoms with E-state index >= 15 is 0 Å². The largest absolute Gasteiger partial charge is 0.353 e. The van der Waals surface area contributed by atoms with Gasteiger partial charge in [0.05, 0.1) is 0 Å². The second-order valence-corrected chi connectivity index (χ2v) is 6.59. The molecular formula is C17H26N4O. The molecule has 5 nitrogen and oxygen atoms in total. The summed E-state index contributed by atoms with van der Waals surface area (Å²) < 4.78 is 0. The van der Waals surface area contributed by atoms with Crippen LogP contribution >= 0.6 is 0 Å². The third kappa shape index (κ3) is 3.76. The Morgan fingerprint density at radius 2 is 1.86 bits per heavy atom. The maximum atomic E-state index is 12.4. The van der Waals surface area contributed by atoms with Crippen molar-refractivity contribution in [3.63, 3.8) is 0 Å². The van der Waals surface area contributed by atoms with Gasteiger partial charge in [0.25, 0.3) is 0 Å². The van der Waals surface area contributed by atoms with Crippen molar-refractivity contribution >= 4 is 11.7 Å². The number of piperazine rings is 1. The molecule has 1 saturated carbocycles. The summed E-state index contributed by atoms with van der Waals surface area (Å²) in [7, 11) is 0. The zero-order chi connectivity index (χ0) is 15.4. The summed E-state index contributed by atoms with van der Waals surface area (Å²) in [5, 5.41) is 0. The normalized spacial score (nSPS) is 20.2. The van der Waals surface area contributed by atoms with Gasteiger partial charge in [0.2, 0.25) is 5.91 Å². The molecule has 3 rings (SSSR count). The highest BCUT2D eigenvalue weighted by Gasteiger charge is 2.24. The van der Waals surface area contributed by atoms with Gasteiger partial charge in [-0.1, -0.05) is 19.3 Å². The molecule has 1 aliphatic carbocycles. The van der Waals surface area contributed by atoms with E-state index in [9.17, 15) is 4.79 Å². The Morgan fingerprint density at radius 3 is 2.55 bits per heavy atom. The lowest BCUT2D eigenvalue weighted by molar-refractivity contribution is -0.132. The van der Waals surface area contributed by atoms with Crippen LogP contribution in [0.4, 0.5) is 5.82 Å². The van der Waals surface area contributed by atoms with Gasteiger partial charge >= 0.3 is 0 Å². The van der Waals surface area contributed by atoms with Crippen molar-refractivity contribution in [1.82, 2.24) is 14.9 Å². The molecule has 0 radical (unpaired) electrons. The van der Waals surface area contributed by atoms with Gasteiger partial charge in [-0.25, -0.2) is 9.97 Å². The van der Waals surface area contributed by atoms with E-state index < -0.39 is 0 Å². The maximum Gasteiger partial charge on any atom is 0.222 e. The minimum Gasteiger partial charge on any atom is -0.353 e. The van der Waals surface area contributed by atoms with Gasteiger partial charge in [-0.2, -0.15) is 0 Å². The topological polar surface area (TPSA) is 49.3 Å². The van der Waals surface area contributed by atoms with Crippen molar-refractivity contribution in [3.05, 3.63) is 18.1 Å². The van der Waals surface area contributed by atoms with Crippen molar-refractivity contribution in [3.8, 4) is 0 Å². The quantitative estimate of drug-likeness (QED) is 0.860. The highest BCUT2D eigenvalue weighted by atomic mass is 16.2. The van der Waals surface area contributed by atoms with E-state index in [1.165, 1.54) is 32.1 Å². The van der Waals surface area contributed by atoms with Crippen molar-refractivity contribution in [1.29, 1.82) is 0 Å². The fraction of sp³-hybridized carbons (Fsp3) is 0.706. The Labute approximate surface area is 132 Å². The lowest BCUT2D eigenvalue weighted by Crippen LogP contribution is -2.49. The number of amides is 1. The van der Waals surface area contributed by atoms with Crippen LogP contribution in [0.15, 0.2) is 12.4 Å². The molecule has 1 saturated heterocycles. The van der Waals surface area contributed by atoms with Gasteiger partial charge in [-0.05, 0) is 25.7 Å². The molecule has 1 amide bonds. The maximum absolute atomic E-state index is 12.4. The van der Waals surface area contributed by atoms with E-state index in [0.29, 0.717) is 11.8 Å². The number of carbonyl (C=O) groups excluding carboxylic acids is 1. The number of rotatable bonds is 3. The van der Waals surface area contributed by atoms with Crippen molar-refractivity contribution in [2.45, 2.75) is 45.4 Å². The van der Waals surface area contributed by atoms with E-state index in [0.717, 1.165) is 44.1 Å². The first kappa shape index (κ1) is 15.3.